The van der Waals surface area contributed by atoms with Gasteiger partial charge in [0.05, 0.1) is 6.04 Å². The van der Waals surface area contributed by atoms with E-state index in [1.165, 1.54) is 22.3 Å². The Morgan fingerprint density at radius 2 is 1.74 bits per heavy atom. The lowest BCUT2D eigenvalue weighted by Crippen LogP contribution is -2.43. The standard InChI is InChI=1S/C25H35NO/c1-6-24(2,3)16-17-25(4,5)23(27)26-22-20-14-9-7-8-12-18(20)19-13-10-11-15-21(19)22/h7,9,12-15,22H,6,8,10-11,16-17H2,1-5H3,(H,26,27). The third kappa shape index (κ3) is 4.20. The van der Waals surface area contributed by atoms with Gasteiger partial charge < -0.3 is 5.32 Å². The van der Waals surface area contributed by atoms with Crippen molar-refractivity contribution >= 4 is 5.91 Å². The average Bonchev–Trinajstić information content (AvgIpc) is 2.79. The Morgan fingerprint density at radius 3 is 2.48 bits per heavy atom. The number of allylic oxidation sites excluding steroid dienone is 6. The number of hydrogen-bond acceptors (Lipinski definition) is 1. The first-order chi connectivity index (χ1) is 12.7. The molecule has 2 nitrogen and oxygen atoms in total. The number of rotatable bonds is 6. The first-order valence-electron chi connectivity index (χ1n) is 10.5. The Kier molecular flexibility index (Phi) is 5.65. The highest BCUT2D eigenvalue weighted by molar-refractivity contribution is 5.85. The van der Waals surface area contributed by atoms with Gasteiger partial charge in [0.2, 0.25) is 5.91 Å². The van der Waals surface area contributed by atoms with E-state index < -0.39 is 0 Å². The fourth-order valence-corrected chi connectivity index (χ4v) is 3.98. The molecule has 0 bridgehead atoms. The first-order valence-corrected chi connectivity index (χ1v) is 10.5. The van der Waals surface area contributed by atoms with Crippen LogP contribution in [0.4, 0.5) is 0 Å². The summed E-state index contributed by atoms with van der Waals surface area (Å²) < 4.78 is 0. The molecule has 0 spiro atoms. The molecule has 2 heteroatoms. The van der Waals surface area contributed by atoms with Crippen molar-refractivity contribution < 1.29 is 4.79 Å². The molecular weight excluding hydrogens is 330 g/mol. The molecule has 146 valence electrons. The predicted octanol–water partition coefficient (Wildman–Crippen LogP) is 6.19. The lowest BCUT2D eigenvalue weighted by molar-refractivity contribution is -0.130. The highest BCUT2D eigenvalue weighted by atomic mass is 16.2. The Morgan fingerprint density at radius 1 is 1.04 bits per heavy atom. The summed E-state index contributed by atoms with van der Waals surface area (Å²) in [5, 5.41) is 3.41. The van der Waals surface area contributed by atoms with Crippen molar-refractivity contribution in [1.29, 1.82) is 0 Å². The molecule has 0 heterocycles. The zero-order valence-corrected chi connectivity index (χ0v) is 17.7. The van der Waals surface area contributed by atoms with E-state index in [4.69, 9.17) is 0 Å². The summed E-state index contributed by atoms with van der Waals surface area (Å²) in [6.45, 7) is 11.0. The van der Waals surface area contributed by atoms with Crippen molar-refractivity contribution in [3.05, 3.63) is 58.7 Å². The summed E-state index contributed by atoms with van der Waals surface area (Å²) in [7, 11) is 0. The molecule has 1 saturated carbocycles. The van der Waals surface area contributed by atoms with Gasteiger partial charge in [0.25, 0.3) is 0 Å². The Hall–Kier alpha value is -1.83. The molecular formula is C25H35NO. The zero-order valence-electron chi connectivity index (χ0n) is 17.7. The maximum atomic E-state index is 13.2. The van der Waals surface area contributed by atoms with E-state index in [2.05, 4.69) is 76.4 Å². The second-order valence-corrected chi connectivity index (χ2v) is 9.57. The van der Waals surface area contributed by atoms with Crippen molar-refractivity contribution in [3.63, 3.8) is 0 Å². The molecule has 0 aromatic heterocycles. The summed E-state index contributed by atoms with van der Waals surface area (Å²) in [6.07, 6.45) is 19.7. The van der Waals surface area contributed by atoms with Crippen molar-refractivity contribution in [2.75, 3.05) is 0 Å². The molecule has 3 aliphatic carbocycles. The van der Waals surface area contributed by atoms with E-state index in [1.54, 1.807) is 0 Å². The molecule has 0 aromatic rings. The van der Waals surface area contributed by atoms with Crippen LogP contribution in [0.3, 0.4) is 0 Å². The zero-order chi connectivity index (χ0) is 19.7. The van der Waals surface area contributed by atoms with E-state index in [1.807, 2.05) is 0 Å². The van der Waals surface area contributed by atoms with E-state index >= 15 is 0 Å². The maximum absolute atomic E-state index is 13.2. The van der Waals surface area contributed by atoms with E-state index in [-0.39, 0.29) is 22.8 Å². The number of fused-ring (bicyclic) bond motifs is 3. The summed E-state index contributed by atoms with van der Waals surface area (Å²) >= 11 is 0. The van der Waals surface area contributed by atoms with Gasteiger partial charge in [-0.2, -0.15) is 0 Å². The van der Waals surface area contributed by atoms with Gasteiger partial charge in [-0.05, 0) is 59.8 Å². The molecule has 27 heavy (non-hydrogen) atoms. The molecule has 1 fully saturated rings. The number of carbonyl (C=O) groups is 1. The van der Waals surface area contributed by atoms with Crippen LogP contribution in [0.15, 0.2) is 58.7 Å². The van der Waals surface area contributed by atoms with Crippen LogP contribution < -0.4 is 5.32 Å². The molecule has 1 amide bonds. The third-order valence-electron chi connectivity index (χ3n) is 6.56. The summed E-state index contributed by atoms with van der Waals surface area (Å²) in [4.78, 5) is 13.2. The predicted molar refractivity (Wildman–Crippen MR) is 114 cm³/mol. The molecule has 1 unspecified atom stereocenters. The van der Waals surface area contributed by atoms with Gasteiger partial charge in [0, 0.05) is 5.41 Å². The number of carbonyl (C=O) groups excluding carboxylic acids is 1. The number of amides is 1. The van der Waals surface area contributed by atoms with Crippen molar-refractivity contribution in [2.24, 2.45) is 10.8 Å². The number of hydrogen-bond donors (Lipinski definition) is 1. The Labute approximate surface area is 165 Å². The van der Waals surface area contributed by atoms with Gasteiger partial charge in [-0.3, -0.25) is 4.79 Å². The summed E-state index contributed by atoms with van der Waals surface area (Å²) in [5.74, 6) is 0.167. The van der Waals surface area contributed by atoms with Crippen molar-refractivity contribution in [3.8, 4) is 0 Å². The van der Waals surface area contributed by atoms with Gasteiger partial charge in [-0.25, -0.2) is 0 Å². The molecule has 3 rings (SSSR count). The Bertz CT molecular complexity index is 755. The minimum Gasteiger partial charge on any atom is -0.345 e. The molecule has 0 saturated heterocycles. The largest absolute Gasteiger partial charge is 0.345 e. The summed E-state index contributed by atoms with van der Waals surface area (Å²) in [5.41, 5.74) is 5.14. The monoisotopic (exact) mass is 365 g/mol. The molecule has 0 aromatic carbocycles. The molecule has 0 radical (unpaired) electrons. The Balaban J connectivity index is 1.80. The highest BCUT2D eigenvalue weighted by Crippen LogP contribution is 2.44. The second kappa shape index (κ2) is 7.66. The molecule has 0 aliphatic heterocycles. The minimum atomic E-state index is -0.362. The van der Waals surface area contributed by atoms with Gasteiger partial charge in [0.1, 0.15) is 0 Å². The fourth-order valence-electron chi connectivity index (χ4n) is 3.98. The van der Waals surface area contributed by atoms with Crippen LogP contribution in [0.2, 0.25) is 0 Å². The molecule has 1 N–H and O–H groups in total. The normalized spacial score (nSPS) is 22.0. The van der Waals surface area contributed by atoms with E-state index in [9.17, 15) is 4.79 Å². The van der Waals surface area contributed by atoms with Crippen LogP contribution in [0, 0.1) is 10.8 Å². The first kappa shape index (κ1) is 19.9. The van der Waals surface area contributed by atoms with Gasteiger partial charge in [0.15, 0.2) is 0 Å². The quantitative estimate of drug-likeness (QED) is 0.597. The van der Waals surface area contributed by atoms with Crippen LogP contribution in [0.1, 0.15) is 73.1 Å². The topological polar surface area (TPSA) is 29.1 Å². The summed E-state index contributed by atoms with van der Waals surface area (Å²) in [6, 6.07) is -0.00323. The van der Waals surface area contributed by atoms with Crippen molar-refractivity contribution in [2.45, 2.75) is 79.2 Å². The number of nitrogens with one attached hydrogen (secondary N) is 1. The smallest absolute Gasteiger partial charge is 0.226 e. The van der Waals surface area contributed by atoms with Crippen LogP contribution in [0.5, 0.6) is 0 Å². The average molecular weight is 366 g/mol. The van der Waals surface area contributed by atoms with Crippen LogP contribution in [-0.2, 0) is 4.79 Å². The van der Waals surface area contributed by atoms with E-state index in [0.717, 1.165) is 38.5 Å². The molecule has 1 atom stereocenters. The van der Waals surface area contributed by atoms with Gasteiger partial charge >= 0.3 is 0 Å². The SMILES string of the molecule is CCC(C)(C)CCC(C)(C)C(=O)NC1C2=CC=CCC=C2C2=CCCC=C21. The van der Waals surface area contributed by atoms with Gasteiger partial charge in [-0.15, -0.1) is 0 Å². The third-order valence-corrected chi connectivity index (χ3v) is 6.56. The minimum absolute atomic E-state index is 0.00323. The molecule has 3 aliphatic rings. The maximum Gasteiger partial charge on any atom is 0.226 e. The fraction of sp³-hybridized carbons (Fsp3) is 0.560. The van der Waals surface area contributed by atoms with Gasteiger partial charge in [-0.1, -0.05) is 77.5 Å². The van der Waals surface area contributed by atoms with Crippen molar-refractivity contribution in [1.82, 2.24) is 5.32 Å². The lowest BCUT2D eigenvalue weighted by Gasteiger charge is -2.31. The lowest BCUT2D eigenvalue weighted by atomic mass is 9.77. The van der Waals surface area contributed by atoms with E-state index in [0.29, 0.717) is 0 Å². The second-order valence-electron chi connectivity index (χ2n) is 9.57. The highest BCUT2D eigenvalue weighted by Gasteiger charge is 2.39. The van der Waals surface area contributed by atoms with Crippen LogP contribution in [0.25, 0.3) is 0 Å². The van der Waals surface area contributed by atoms with Crippen LogP contribution >= 0.6 is 0 Å². The van der Waals surface area contributed by atoms with Crippen LogP contribution in [-0.4, -0.2) is 11.9 Å².